The summed E-state index contributed by atoms with van der Waals surface area (Å²) < 4.78 is 0. The van der Waals surface area contributed by atoms with E-state index in [0.717, 1.165) is 25.2 Å². The molecule has 20 heavy (non-hydrogen) atoms. The molecule has 0 bridgehead atoms. The lowest BCUT2D eigenvalue weighted by Crippen LogP contribution is -2.34. The van der Waals surface area contributed by atoms with Crippen molar-refractivity contribution in [1.29, 1.82) is 0 Å². The Hall–Kier alpha value is -1.35. The number of amides is 1. The highest BCUT2D eigenvalue weighted by molar-refractivity contribution is 5.81. The summed E-state index contributed by atoms with van der Waals surface area (Å²) in [7, 11) is 0. The van der Waals surface area contributed by atoms with Crippen molar-refractivity contribution in [3.05, 3.63) is 35.4 Å². The monoisotopic (exact) mass is 276 g/mol. The fourth-order valence-corrected chi connectivity index (χ4v) is 1.92. The van der Waals surface area contributed by atoms with E-state index < -0.39 is 0 Å². The zero-order valence-corrected chi connectivity index (χ0v) is 13.5. The van der Waals surface area contributed by atoms with Gasteiger partial charge >= 0.3 is 0 Å². The number of benzene rings is 1. The molecule has 0 aromatic heterocycles. The third-order valence-corrected chi connectivity index (χ3v) is 3.46. The van der Waals surface area contributed by atoms with Crippen LogP contribution >= 0.6 is 0 Å². The van der Waals surface area contributed by atoms with Crippen LogP contribution in [0.5, 0.6) is 0 Å². The molecule has 3 nitrogen and oxygen atoms in total. The largest absolute Gasteiger partial charge is 0.352 e. The van der Waals surface area contributed by atoms with E-state index in [2.05, 4.69) is 48.3 Å². The minimum atomic E-state index is -0.331. The summed E-state index contributed by atoms with van der Waals surface area (Å²) in [5.41, 5.74) is 2.13. The quantitative estimate of drug-likeness (QED) is 0.865. The van der Waals surface area contributed by atoms with E-state index in [0.29, 0.717) is 6.54 Å². The normalized spacial score (nSPS) is 11.7. The lowest BCUT2D eigenvalue weighted by molar-refractivity contribution is -0.128. The van der Waals surface area contributed by atoms with Gasteiger partial charge in [-0.15, -0.1) is 0 Å². The van der Waals surface area contributed by atoms with Crippen molar-refractivity contribution < 1.29 is 4.79 Å². The average molecular weight is 276 g/mol. The summed E-state index contributed by atoms with van der Waals surface area (Å²) in [5.74, 6) is 0.0877. The number of carbonyl (C=O) groups excluding carboxylic acids is 1. The summed E-state index contributed by atoms with van der Waals surface area (Å²) in [5, 5.41) is 2.97. The Morgan fingerprint density at radius 2 is 1.55 bits per heavy atom. The van der Waals surface area contributed by atoms with Gasteiger partial charge < -0.3 is 5.32 Å². The van der Waals surface area contributed by atoms with Crippen LogP contribution in [0.15, 0.2) is 24.3 Å². The molecule has 0 aliphatic rings. The van der Waals surface area contributed by atoms with E-state index in [-0.39, 0.29) is 11.3 Å². The predicted octanol–water partition coefficient (Wildman–Crippen LogP) is 3.19. The van der Waals surface area contributed by atoms with E-state index >= 15 is 0 Å². The van der Waals surface area contributed by atoms with Crippen LogP contribution in [0, 0.1) is 5.41 Å². The van der Waals surface area contributed by atoms with E-state index in [1.165, 1.54) is 5.56 Å². The molecule has 3 heteroatoms. The number of nitrogens with zero attached hydrogens (tertiary/aromatic N) is 1. The molecule has 1 amide bonds. The molecule has 0 radical (unpaired) electrons. The first-order valence-electron chi connectivity index (χ1n) is 7.45. The second-order valence-electron chi connectivity index (χ2n) is 6.21. The van der Waals surface area contributed by atoms with Gasteiger partial charge in [-0.3, -0.25) is 9.69 Å². The number of hydrogen-bond donors (Lipinski definition) is 1. The van der Waals surface area contributed by atoms with E-state index in [4.69, 9.17) is 0 Å². The first-order chi connectivity index (χ1) is 9.36. The van der Waals surface area contributed by atoms with Crippen LogP contribution in [-0.4, -0.2) is 23.9 Å². The molecule has 112 valence electrons. The average Bonchev–Trinajstić information content (AvgIpc) is 2.42. The SMILES string of the molecule is CCN(CC)Cc1ccc(CNC(=O)C(C)(C)C)cc1. The van der Waals surface area contributed by atoms with Crippen molar-refractivity contribution in [2.75, 3.05) is 13.1 Å². The van der Waals surface area contributed by atoms with Crippen molar-refractivity contribution in [2.24, 2.45) is 5.41 Å². The van der Waals surface area contributed by atoms with E-state index in [1.54, 1.807) is 0 Å². The molecule has 0 unspecified atom stereocenters. The standard InChI is InChI=1S/C17H28N2O/c1-6-19(7-2)13-15-10-8-14(9-11-15)12-18-16(20)17(3,4)5/h8-11H,6-7,12-13H2,1-5H3,(H,18,20). The smallest absolute Gasteiger partial charge is 0.225 e. The van der Waals surface area contributed by atoms with Crippen molar-refractivity contribution in [2.45, 2.75) is 47.7 Å². The Labute approximate surface area is 123 Å². The molecule has 0 aliphatic heterocycles. The van der Waals surface area contributed by atoms with Crippen LogP contribution in [-0.2, 0) is 17.9 Å². The Morgan fingerprint density at radius 3 is 2.00 bits per heavy atom. The van der Waals surface area contributed by atoms with Gasteiger partial charge in [0, 0.05) is 18.5 Å². The van der Waals surface area contributed by atoms with Gasteiger partial charge in [-0.2, -0.15) is 0 Å². The van der Waals surface area contributed by atoms with Gasteiger partial charge in [0.05, 0.1) is 0 Å². The molecular weight excluding hydrogens is 248 g/mol. The maximum Gasteiger partial charge on any atom is 0.225 e. The minimum absolute atomic E-state index is 0.0877. The molecule has 1 rings (SSSR count). The molecule has 1 aromatic carbocycles. The molecule has 0 heterocycles. The number of hydrogen-bond acceptors (Lipinski definition) is 2. The van der Waals surface area contributed by atoms with Gasteiger partial charge in [0.15, 0.2) is 0 Å². The highest BCUT2D eigenvalue weighted by Crippen LogP contribution is 2.13. The van der Waals surface area contributed by atoms with Crippen LogP contribution in [0.1, 0.15) is 45.7 Å². The Balaban J connectivity index is 2.53. The second kappa shape index (κ2) is 7.44. The van der Waals surface area contributed by atoms with Crippen molar-refractivity contribution >= 4 is 5.91 Å². The van der Waals surface area contributed by atoms with Gasteiger partial charge in [0.25, 0.3) is 0 Å². The van der Waals surface area contributed by atoms with Crippen LogP contribution in [0.4, 0.5) is 0 Å². The van der Waals surface area contributed by atoms with E-state index in [9.17, 15) is 4.79 Å². The molecule has 0 spiro atoms. The molecule has 0 atom stereocenters. The highest BCUT2D eigenvalue weighted by atomic mass is 16.2. The molecule has 0 saturated carbocycles. The predicted molar refractivity (Wildman–Crippen MR) is 84.4 cm³/mol. The number of rotatable bonds is 6. The third kappa shape index (κ3) is 5.33. The summed E-state index contributed by atoms with van der Waals surface area (Å²) in [4.78, 5) is 14.2. The first kappa shape index (κ1) is 16.7. The second-order valence-corrected chi connectivity index (χ2v) is 6.21. The van der Waals surface area contributed by atoms with Crippen LogP contribution < -0.4 is 5.32 Å². The number of nitrogens with one attached hydrogen (secondary N) is 1. The maximum atomic E-state index is 11.8. The molecular formula is C17H28N2O. The Kier molecular flexibility index (Phi) is 6.21. The zero-order chi connectivity index (χ0) is 15.2. The minimum Gasteiger partial charge on any atom is -0.352 e. The summed E-state index contributed by atoms with van der Waals surface area (Å²) in [6.45, 7) is 13.9. The van der Waals surface area contributed by atoms with Gasteiger partial charge in [-0.25, -0.2) is 0 Å². The lowest BCUT2D eigenvalue weighted by atomic mass is 9.95. The fraction of sp³-hybridized carbons (Fsp3) is 0.588. The van der Waals surface area contributed by atoms with Gasteiger partial charge in [-0.1, -0.05) is 58.9 Å². The van der Waals surface area contributed by atoms with Crippen molar-refractivity contribution in [3.8, 4) is 0 Å². The van der Waals surface area contributed by atoms with Gasteiger partial charge in [-0.05, 0) is 24.2 Å². The highest BCUT2D eigenvalue weighted by Gasteiger charge is 2.20. The molecule has 1 aromatic rings. The lowest BCUT2D eigenvalue weighted by Gasteiger charge is -2.19. The number of carbonyl (C=O) groups is 1. The zero-order valence-electron chi connectivity index (χ0n) is 13.5. The van der Waals surface area contributed by atoms with Crippen LogP contribution in [0.3, 0.4) is 0 Å². The topological polar surface area (TPSA) is 32.3 Å². The summed E-state index contributed by atoms with van der Waals surface area (Å²) in [6, 6.07) is 8.50. The molecule has 0 aliphatic carbocycles. The maximum absolute atomic E-state index is 11.8. The van der Waals surface area contributed by atoms with Crippen LogP contribution in [0.2, 0.25) is 0 Å². The molecule has 1 N–H and O–H groups in total. The summed E-state index contributed by atoms with van der Waals surface area (Å²) >= 11 is 0. The Morgan fingerprint density at radius 1 is 1.05 bits per heavy atom. The molecule has 0 saturated heterocycles. The first-order valence-corrected chi connectivity index (χ1v) is 7.45. The molecule has 0 fully saturated rings. The fourth-order valence-electron chi connectivity index (χ4n) is 1.92. The van der Waals surface area contributed by atoms with Gasteiger partial charge in [0.1, 0.15) is 0 Å². The Bertz CT molecular complexity index is 414. The van der Waals surface area contributed by atoms with Crippen molar-refractivity contribution in [1.82, 2.24) is 10.2 Å². The van der Waals surface area contributed by atoms with Crippen LogP contribution in [0.25, 0.3) is 0 Å². The van der Waals surface area contributed by atoms with E-state index in [1.807, 2.05) is 20.8 Å². The van der Waals surface area contributed by atoms with Crippen molar-refractivity contribution in [3.63, 3.8) is 0 Å². The third-order valence-electron chi connectivity index (χ3n) is 3.46. The summed E-state index contributed by atoms with van der Waals surface area (Å²) in [6.07, 6.45) is 0. The van der Waals surface area contributed by atoms with Gasteiger partial charge in [0.2, 0.25) is 5.91 Å².